The Morgan fingerprint density at radius 1 is 1.14 bits per heavy atom. The number of carbonyl (C=O) groups excluding carboxylic acids is 1. The van der Waals surface area contributed by atoms with E-state index in [0.29, 0.717) is 29.3 Å². The zero-order chi connectivity index (χ0) is 20.4. The molecule has 7 nitrogen and oxygen atoms in total. The standard InChI is InChI=1S/C22H26N4O3/c1-14-8-10-16(11-9-14)19-24-22-23-15(2)18(20(27)26(22)25-19)12-13-29-21(28)17-6-4-3-5-7-17/h8-11,17H,3-7,12-13H2,1-2H3,(H,23,24,25). The molecule has 2 heterocycles. The van der Waals surface area contributed by atoms with Crippen molar-refractivity contribution in [2.45, 2.75) is 52.4 Å². The number of nitrogens with one attached hydrogen (secondary N) is 1. The number of aromatic amines is 1. The lowest BCUT2D eigenvalue weighted by molar-refractivity contribution is -0.149. The van der Waals surface area contributed by atoms with Crippen LogP contribution < -0.4 is 5.56 Å². The van der Waals surface area contributed by atoms with Crippen molar-refractivity contribution in [1.29, 1.82) is 0 Å². The number of carbonyl (C=O) groups is 1. The minimum absolute atomic E-state index is 0.0104. The summed E-state index contributed by atoms with van der Waals surface area (Å²) >= 11 is 0. The monoisotopic (exact) mass is 394 g/mol. The van der Waals surface area contributed by atoms with Crippen molar-refractivity contribution in [3.8, 4) is 11.4 Å². The van der Waals surface area contributed by atoms with Crippen LogP contribution in [0.4, 0.5) is 0 Å². The first-order valence-electron chi connectivity index (χ1n) is 10.2. The van der Waals surface area contributed by atoms with Crippen molar-refractivity contribution >= 4 is 11.7 Å². The van der Waals surface area contributed by atoms with Crippen molar-refractivity contribution < 1.29 is 9.53 Å². The highest BCUT2D eigenvalue weighted by Crippen LogP contribution is 2.24. The Bertz CT molecular complexity index is 1080. The van der Waals surface area contributed by atoms with Crippen molar-refractivity contribution in [3.63, 3.8) is 0 Å². The molecular formula is C22H26N4O3. The molecule has 1 aromatic carbocycles. The van der Waals surface area contributed by atoms with Crippen LogP contribution in [0.15, 0.2) is 29.1 Å². The van der Waals surface area contributed by atoms with Crippen molar-refractivity contribution in [1.82, 2.24) is 19.6 Å². The quantitative estimate of drug-likeness (QED) is 0.670. The van der Waals surface area contributed by atoms with E-state index in [1.165, 1.54) is 10.9 Å². The fraction of sp³-hybridized carbons (Fsp3) is 0.455. The maximum absolute atomic E-state index is 12.9. The maximum Gasteiger partial charge on any atom is 0.308 e. The molecule has 7 heteroatoms. The average Bonchev–Trinajstić information content (AvgIpc) is 3.15. The molecule has 1 saturated carbocycles. The van der Waals surface area contributed by atoms with Crippen molar-refractivity contribution in [2.24, 2.45) is 5.92 Å². The molecule has 0 radical (unpaired) electrons. The van der Waals surface area contributed by atoms with E-state index in [1.807, 2.05) is 31.2 Å². The third-order valence-corrected chi connectivity index (χ3v) is 5.66. The summed E-state index contributed by atoms with van der Waals surface area (Å²) in [5.74, 6) is 0.803. The number of hydrogen-bond acceptors (Lipinski definition) is 5. The molecule has 0 atom stereocenters. The molecule has 0 unspecified atom stereocenters. The molecule has 3 aromatic rings. The molecule has 0 spiro atoms. The second-order valence-electron chi connectivity index (χ2n) is 7.81. The van der Waals surface area contributed by atoms with Gasteiger partial charge in [-0.2, -0.15) is 9.50 Å². The molecule has 1 N–H and O–H groups in total. The summed E-state index contributed by atoms with van der Waals surface area (Å²) in [5, 5.41) is 3.04. The predicted molar refractivity (Wildman–Crippen MR) is 110 cm³/mol. The third-order valence-electron chi connectivity index (χ3n) is 5.66. The van der Waals surface area contributed by atoms with Crippen LogP contribution >= 0.6 is 0 Å². The molecule has 1 fully saturated rings. The highest BCUT2D eigenvalue weighted by molar-refractivity contribution is 5.72. The van der Waals surface area contributed by atoms with Gasteiger partial charge in [0.25, 0.3) is 11.3 Å². The zero-order valence-electron chi connectivity index (χ0n) is 16.9. The van der Waals surface area contributed by atoms with Gasteiger partial charge in [0, 0.05) is 17.5 Å². The Labute approximate surface area is 169 Å². The van der Waals surface area contributed by atoms with Crippen LogP contribution in [0.2, 0.25) is 0 Å². The van der Waals surface area contributed by atoms with Gasteiger partial charge in [-0.25, -0.2) is 4.98 Å². The second-order valence-corrected chi connectivity index (χ2v) is 7.81. The number of H-pyrrole nitrogens is 1. The summed E-state index contributed by atoms with van der Waals surface area (Å²) in [6.45, 7) is 4.00. The second kappa shape index (κ2) is 8.19. The Morgan fingerprint density at radius 3 is 2.59 bits per heavy atom. The number of aromatic nitrogens is 4. The van der Waals surface area contributed by atoms with Gasteiger partial charge in [0.15, 0.2) is 5.82 Å². The Morgan fingerprint density at radius 2 is 1.86 bits per heavy atom. The Kier molecular flexibility index (Phi) is 5.47. The fourth-order valence-electron chi connectivity index (χ4n) is 3.89. The van der Waals surface area contributed by atoms with Crippen LogP contribution in [0.3, 0.4) is 0 Å². The van der Waals surface area contributed by atoms with E-state index < -0.39 is 0 Å². The molecule has 0 saturated heterocycles. The van der Waals surface area contributed by atoms with E-state index in [-0.39, 0.29) is 24.1 Å². The summed E-state index contributed by atoms with van der Waals surface area (Å²) in [4.78, 5) is 34.1. The van der Waals surface area contributed by atoms with E-state index in [2.05, 4.69) is 15.1 Å². The zero-order valence-corrected chi connectivity index (χ0v) is 16.9. The highest BCUT2D eigenvalue weighted by Gasteiger charge is 2.22. The largest absolute Gasteiger partial charge is 0.465 e. The fourth-order valence-corrected chi connectivity index (χ4v) is 3.89. The van der Waals surface area contributed by atoms with E-state index in [4.69, 9.17) is 4.74 Å². The molecule has 0 aliphatic heterocycles. The van der Waals surface area contributed by atoms with Crippen LogP contribution in [-0.2, 0) is 16.0 Å². The third kappa shape index (κ3) is 4.09. The minimum Gasteiger partial charge on any atom is -0.465 e. The molecule has 0 bridgehead atoms. The van der Waals surface area contributed by atoms with E-state index >= 15 is 0 Å². The van der Waals surface area contributed by atoms with E-state index in [9.17, 15) is 9.59 Å². The lowest BCUT2D eigenvalue weighted by atomic mass is 9.89. The number of nitrogens with zero attached hydrogens (tertiary/aromatic N) is 3. The number of fused-ring (bicyclic) bond motifs is 1. The number of benzene rings is 1. The van der Waals surface area contributed by atoms with Gasteiger partial charge in [0.1, 0.15) is 0 Å². The van der Waals surface area contributed by atoms with Gasteiger partial charge >= 0.3 is 5.97 Å². The molecule has 152 valence electrons. The van der Waals surface area contributed by atoms with Crippen LogP contribution in [-0.4, -0.2) is 32.2 Å². The summed E-state index contributed by atoms with van der Waals surface area (Å²) in [6, 6.07) is 7.90. The summed E-state index contributed by atoms with van der Waals surface area (Å²) in [5.41, 5.74) is 3.00. The molecule has 0 amide bonds. The maximum atomic E-state index is 12.9. The average molecular weight is 394 g/mol. The summed E-state index contributed by atoms with van der Waals surface area (Å²) < 4.78 is 6.81. The predicted octanol–water partition coefficient (Wildman–Crippen LogP) is 3.37. The lowest BCUT2D eigenvalue weighted by Gasteiger charge is -2.19. The van der Waals surface area contributed by atoms with Gasteiger partial charge in [-0.3, -0.25) is 14.7 Å². The van der Waals surface area contributed by atoms with Gasteiger partial charge in [-0.05, 0) is 26.7 Å². The molecule has 1 aliphatic carbocycles. The van der Waals surface area contributed by atoms with Crippen molar-refractivity contribution in [3.05, 3.63) is 51.4 Å². The molecule has 2 aromatic heterocycles. The van der Waals surface area contributed by atoms with Crippen LogP contribution in [0.1, 0.15) is 48.9 Å². The number of rotatable bonds is 5. The summed E-state index contributed by atoms with van der Waals surface area (Å²) in [7, 11) is 0. The highest BCUT2D eigenvalue weighted by atomic mass is 16.5. The van der Waals surface area contributed by atoms with Crippen LogP contribution in [0, 0.1) is 19.8 Å². The first kappa shape index (κ1) is 19.4. The van der Waals surface area contributed by atoms with Gasteiger partial charge in [-0.15, -0.1) is 0 Å². The van der Waals surface area contributed by atoms with Crippen molar-refractivity contribution in [2.75, 3.05) is 6.61 Å². The SMILES string of the molecule is Cc1ccc(-c2nc3nc(C)c(CCOC(=O)C4CCCCC4)c(=O)n3[nH]2)cc1. The number of aryl methyl sites for hydroxylation is 2. The minimum atomic E-state index is -0.202. The molecular weight excluding hydrogens is 368 g/mol. The Hall–Kier alpha value is -2.96. The van der Waals surface area contributed by atoms with E-state index in [0.717, 1.165) is 36.8 Å². The lowest BCUT2D eigenvalue weighted by Crippen LogP contribution is -2.25. The van der Waals surface area contributed by atoms with Crippen LogP contribution in [0.5, 0.6) is 0 Å². The number of ether oxygens (including phenoxy) is 1. The van der Waals surface area contributed by atoms with Crippen LogP contribution in [0.25, 0.3) is 17.2 Å². The van der Waals surface area contributed by atoms with Gasteiger partial charge in [0.05, 0.1) is 18.2 Å². The first-order valence-corrected chi connectivity index (χ1v) is 10.2. The van der Waals surface area contributed by atoms with Gasteiger partial charge in [0.2, 0.25) is 0 Å². The topological polar surface area (TPSA) is 89.3 Å². The van der Waals surface area contributed by atoms with Gasteiger partial charge < -0.3 is 4.74 Å². The molecule has 1 aliphatic rings. The smallest absolute Gasteiger partial charge is 0.308 e. The summed E-state index contributed by atoms with van der Waals surface area (Å²) in [6.07, 6.45) is 5.53. The van der Waals surface area contributed by atoms with Gasteiger partial charge in [-0.1, -0.05) is 49.1 Å². The number of hydrogen-bond donors (Lipinski definition) is 1. The molecule has 4 rings (SSSR count). The Balaban J connectivity index is 1.51. The normalized spacial score (nSPS) is 15.0. The molecule has 29 heavy (non-hydrogen) atoms. The number of esters is 1. The first-order chi connectivity index (χ1) is 14.0. The van der Waals surface area contributed by atoms with E-state index in [1.54, 1.807) is 6.92 Å².